The number of piperidine rings is 1. The minimum Gasteiger partial charge on any atom is -0.508 e. The van der Waals surface area contributed by atoms with E-state index in [0.29, 0.717) is 36.1 Å². The van der Waals surface area contributed by atoms with Crippen LogP contribution in [0.1, 0.15) is 87.4 Å². The molecule has 0 aromatic heterocycles. The summed E-state index contributed by atoms with van der Waals surface area (Å²) in [6.07, 6.45) is 1.76. The predicted octanol–water partition coefficient (Wildman–Crippen LogP) is 5.71. The van der Waals surface area contributed by atoms with Gasteiger partial charge in [-0.3, -0.25) is 4.79 Å². The molecule has 4 nitrogen and oxygen atoms in total. The zero-order valence-electron chi connectivity index (χ0n) is 19.1. The van der Waals surface area contributed by atoms with Crippen LogP contribution < -0.4 is 0 Å². The van der Waals surface area contributed by atoms with Crippen molar-refractivity contribution < 1.29 is 15.0 Å². The number of phenols is 2. The van der Waals surface area contributed by atoms with E-state index in [1.807, 2.05) is 35.2 Å². The minimum absolute atomic E-state index is 0.0281. The second kappa shape index (κ2) is 7.98. The van der Waals surface area contributed by atoms with Crippen LogP contribution in [0.3, 0.4) is 0 Å². The van der Waals surface area contributed by atoms with Gasteiger partial charge in [-0.2, -0.15) is 0 Å². The molecule has 2 N–H and O–H groups in total. The van der Waals surface area contributed by atoms with Gasteiger partial charge in [-0.05, 0) is 59.4 Å². The van der Waals surface area contributed by atoms with Crippen molar-refractivity contribution in [2.75, 3.05) is 13.1 Å². The van der Waals surface area contributed by atoms with Gasteiger partial charge in [-0.25, -0.2) is 0 Å². The molecule has 1 saturated heterocycles. The third kappa shape index (κ3) is 4.63. The van der Waals surface area contributed by atoms with Crippen LogP contribution in [0.25, 0.3) is 0 Å². The molecule has 0 bridgehead atoms. The molecule has 0 radical (unpaired) electrons. The molecule has 1 amide bonds. The van der Waals surface area contributed by atoms with Crippen molar-refractivity contribution in [2.45, 2.75) is 71.1 Å². The van der Waals surface area contributed by atoms with Crippen molar-refractivity contribution in [3.8, 4) is 11.5 Å². The summed E-state index contributed by atoms with van der Waals surface area (Å²) in [5.41, 5.74) is 2.89. The smallest absolute Gasteiger partial charge is 0.253 e. The van der Waals surface area contributed by atoms with Crippen LogP contribution in [-0.4, -0.2) is 34.1 Å². The van der Waals surface area contributed by atoms with E-state index in [0.717, 1.165) is 29.5 Å². The Morgan fingerprint density at radius 3 is 1.90 bits per heavy atom. The van der Waals surface area contributed by atoms with Gasteiger partial charge in [-0.15, -0.1) is 0 Å². The first-order valence-electron chi connectivity index (χ1n) is 10.8. The maximum Gasteiger partial charge on any atom is 0.253 e. The zero-order valence-corrected chi connectivity index (χ0v) is 19.1. The van der Waals surface area contributed by atoms with Gasteiger partial charge in [0.15, 0.2) is 0 Å². The lowest BCUT2D eigenvalue weighted by Crippen LogP contribution is -2.38. The van der Waals surface area contributed by atoms with Crippen LogP contribution >= 0.6 is 0 Å². The first-order valence-corrected chi connectivity index (χ1v) is 10.8. The second-order valence-corrected chi connectivity index (χ2v) is 10.6. The van der Waals surface area contributed by atoms with Gasteiger partial charge in [0.05, 0.1) is 0 Å². The number of aromatic hydroxyl groups is 2. The molecule has 3 rings (SSSR count). The molecule has 0 saturated carbocycles. The van der Waals surface area contributed by atoms with Gasteiger partial charge in [-0.1, -0.05) is 53.7 Å². The van der Waals surface area contributed by atoms with Gasteiger partial charge < -0.3 is 15.1 Å². The predicted molar refractivity (Wildman–Crippen MR) is 121 cm³/mol. The fraction of sp³-hybridized carbons (Fsp3) is 0.500. The number of amides is 1. The molecule has 30 heavy (non-hydrogen) atoms. The van der Waals surface area contributed by atoms with Crippen molar-refractivity contribution in [3.05, 3.63) is 58.7 Å². The Hall–Kier alpha value is -2.49. The molecule has 1 aliphatic heterocycles. The Morgan fingerprint density at radius 2 is 1.43 bits per heavy atom. The van der Waals surface area contributed by atoms with Crippen molar-refractivity contribution in [1.29, 1.82) is 0 Å². The molecule has 0 unspecified atom stereocenters. The molecule has 0 aliphatic carbocycles. The Bertz CT molecular complexity index is 891. The molecule has 2 aromatic rings. The number of carbonyl (C=O) groups is 1. The summed E-state index contributed by atoms with van der Waals surface area (Å²) in [4.78, 5) is 15.3. The van der Waals surface area contributed by atoms with Crippen molar-refractivity contribution in [3.63, 3.8) is 0 Å². The van der Waals surface area contributed by atoms with Crippen LogP contribution in [0.2, 0.25) is 0 Å². The Balaban J connectivity index is 1.85. The molecule has 4 heteroatoms. The average molecular weight is 410 g/mol. The van der Waals surface area contributed by atoms with E-state index in [1.165, 1.54) is 0 Å². The molecule has 0 spiro atoms. The largest absolute Gasteiger partial charge is 0.508 e. The summed E-state index contributed by atoms with van der Waals surface area (Å²) in [6.45, 7) is 13.7. The number of rotatable bonds is 2. The fourth-order valence-corrected chi connectivity index (χ4v) is 4.28. The summed E-state index contributed by atoms with van der Waals surface area (Å²) in [5, 5.41) is 20.7. The molecule has 0 atom stereocenters. The third-order valence-corrected chi connectivity index (χ3v) is 6.10. The molecular formula is C26H35NO3. The van der Waals surface area contributed by atoms with Crippen LogP contribution in [-0.2, 0) is 10.8 Å². The summed E-state index contributed by atoms with van der Waals surface area (Å²) < 4.78 is 0. The summed E-state index contributed by atoms with van der Waals surface area (Å²) in [5.74, 6) is 0.977. The number of benzene rings is 2. The van der Waals surface area contributed by atoms with Gasteiger partial charge in [0, 0.05) is 29.8 Å². The van der Waals surface area contributed by atoms with E-state index in [1.54, 1.807) is 6.07 Å². The normalized spacial score (nSPS) is 16.0. The van der Waals surface area contributed by atoms with Crippen molar-refractivity contribution in [1.82, 2.24) is 4.90 Å². The first-order chi connectivity index (χ1) is 13.9. The maximum atomic E-state index is 13.4. The number of hydrogen-bond donors (Lipinski definition) is 2. The SMILES string of the molecule is CC(C)(C)c1cc(C(=O)N2CCC(c3cccc(O)c3)CC2)cc(C(C)(C)C)c1O. The fourth-order valence-electron chi connectivity index (χ4n) is 4.28. The van der Waals surface area contributed by atoms with E-state index in [9.17, 15) is 15.0 Å². The van der Waals surface area contributed by atoms with Gasteiger partial charge in [0.1, 0.15) is 11.5 Å². The first kappa shape index (κ1) is 22.2. The van der Waals surface area contributed by atoms with Crippen molar-refractivity contribution in [2.24, 2.45) is 0 Å². The molecule has 1 aliphatic rings. The van der Waals surface area contributed by atoms with E-state index >= 15 is 0 Å². The number of likely N-dealkylation sites (tertiary alicyclic amines) is 1. The lowest BCUT2D eigenvalue weighted by Gasteiger charge is -2.33. The van der Waals surface area contributed by atoms with E-state index in [2.05, 4.69) is 41.5 Å². The summed E-state index contributed by atoms with van der Waals surface area (Å²) >= 11 is 0. The number of carbonyl (C=O) groups excluding carboxylic acids is 1. The number of hydrogen-bond acceptors (Lipinski definition) is 3. The average Bonchev–Trinajstić information content (AvgIpc) is 2.66. The highest BCUT2D eigenvalue weighted by molar-refractivity contribution is 5.95. The van der Waals surface area contributed by atoms with Crippen molar-refractivity contribution >= 4 is 5.91 Å². The Morgan fingerprint density at radius 1 is 0.900 bits per heavy atom. The standard InChI is InChI=1S/C26H35NO3/c1-25(2,3)21-15-19(16-22(23(21)29)26(4,5)6)24(30)27-12-10-17(11-13-27)18-8-7-9-20(28)14-18/h7-9,14-17,28-29H,10-13H2,1-6H3. The molecule has 162 valence electrons. The van der Waals surface area contributed by atoms with Crippen LogP contribution in [0, 0.1) is 0 Å². The summed E-state index contributed by atoms with van der Waals surface area (Å²) in [6, 6.07) is 11.2. The minimum atomic E-state index is -0.261. The molecule has 1 fully saturated rings. The topological polar surface area (TPSA) is 60.8 Å². The van der Waals surface area contributed by atoms with Gasteiger partial charge >= 0.3 is 0 Å². The third-order valence-electron chi connectivity index (χ3n) is 6.10. The molecule has 1 heterocycles. The Kier molecular flexibility index (Phi) is 5.90. The zero-order chi connectivity index (χ0) is 22.3. The van der Waals surface area contributed by atoms with E-state index in [4.69, 9.17) is 0 Å². The quantitative estimate of drug-likeness (QED) is 0.667. The number of nitrogens with zero attached hydrogens (tertiary/aromatic N) is 1. The Labute approximate surface area is 180 Å². The highest BCUT2D eigenvalue weighted by Crippen LogP contribution is 2.40. The van der Waals surface area contributed by atoms with Crippen LogP contribution in [0.5, 0.6) is 11.5 Å². The van der Waals surface area contributed by atoms with E-state index in [-0.39, 0.29) is 16.7 Å². The lowest BCUT2D eigenvalue weighted by molar-refractivity contribution is 0.0712. The highest BCUT2D eigenvalue weighted by atomic mass is 16.3. The van der Waals surface area contributed by atoms with E-state index < -0.39 is 0 Å². The monoisotopic (exact) mass is 409 g/mol. The lowest BCUT2D eigenvalue weighted by atomic mass is 9.78. The van der Waals surface area contributed by atoms with Crippen LogP contribution in [0.15, 0.2) is 36.4 Å². The second-order valence-electron chi connectivity index (χ2n) is 10.6. The summed E-state index contributed by atoms with van der Waals surface area (Å²) in [7, 11) is 0. The van der Waals surface area contributed by atoms with Crippen LogP contribution in [0.4, 0.5) is 0 Å². The van der Waals surface area contributed by atoms with Gasteiger partial charge in [0.2, 0.25) is 0 Å². The highest BCUT2D eigenvalue weighted by Gasteiger charge is 2.30. The molecule has 2 aromatic carbocycles. The maximum absolute atomic E-state index is 13.4. The number of phenolic OH excluding ortho intramolecular Hbond substituents is 2. The van der Waals surface area contributed by atoms with Gasteiger partial charge in [0.25, 0.3) is 5.91 Å². The molecular weight excluding hydrogens is 374 g/mol.